The first-order valence-corrected chi connectivity index (χ1v) is 9.66. The monoisotopic (exact) mass is 379 g/mol. The Morgan fingerprint density at radius 3 is 2.68 bits per heavy atom. The molecule has 1 aliphatic rings. The quantitative estimate of drug-likeness (QED) is 0.681. The molecule has 7 heteroatoms. The van der Waals surface area contributed by atoms with E-state index in [4.69, 9.17) is 4.52 Å². The van der Waals surface area contributed by atoms with Gasteiger partial charge in [-0.25, -0.2) is 0 Å². The van der Waals surface area contributed by atoms with Crippen molar-refractivity contribution in [2.45, 2.75) is 52.6 Å². The summed E-state index contributed by atoms with van der Waals surface area (Å²) in [5.41, 5.74) is 3.14. The zero-order chi connectivity index (χ0) is 19.7. The predicted molar refractivity (Wildman–Crippen MR) is 104 cm³/mol. The van der Waals surface area contributed by atoms with Crippen LogP contribution >= 0.6 is 0 Å². The van der Waals surface area contributed by atoms with Crippen LogP contribution in [0.15, 0.2) is 34.9 Å². The summed E-state index contributed by atoms with van der Waals surface area (Å²) in [4.78, 5) is 14.9. The van der Waals surface area contributed by atoms with Gasteiger partial charge in [0.1, 0.15) is 11.6 Å². The molecular formula is C21H25N5O2. The van der Waals surface area contributed by atoms with Gasteiger partial charge in [0, 0.05) is 18.5 Å². The molecule has 0 N–H and O–H groups in total. The molecule has 146 valence electrons. The normalized spacial score (nSPS) is 16.2. The molecule has 0 bridgehead atoms. The minimum absolute atomic E-state index is 0.130. The average Bonchev–Trinajstić information content (AvgIpc) is 3.23. The zero-order valence-electron chi connectivity index (χ0n) is 16.6. The van der Waals surface area contributed by atoms with Gasteiger partial charge in [-0.05, 0) is 39.2 Å². The van der Waals surface area contributed by atoms with Crippen molar-refractivity contribution in [2.24, 2.45) is 0 Å². The number of carbonyl (C=O) groups is 1. The fourth-order valence-corrected chi connectivity index (χ4v) is 4.05. The first kappa shape index (κ1) is 18.4. The Bertz CT molecular complexity index is 957. The lowest BCUT2D eigenvalue weighted by Crippen LogP contribution is -2.42. The van der Waals surface area contributed by atoms with Crippen molar-refractivity contribution in [3.63, 3.8) is 0 Å². The maximum atomic E-state index is 12.9. The molecule has 4 rings (SSSR count). The number of nitrogens with zero attached hydrogens (tertiary/aromatic N) is 5. The molecule has 0 saturated carbocycles. The van der Waals surface area contributed by atoms with Crippen molar-refractivity contribution in [3.05, 3.63) is 64.6 Å². The van der Waals surface area contributed by atoms with Crippen molar-refractivity contribution >= 4 is 5.91 Å². The maximum absolute atomic E-state index is 12.9. The standard InChI is InChI=1S/C21H25N5O2/c1-14-19(15(2)28-24-14)9-10-21(27)25-12-18(11-17-7-5-4-6-8-17)26-16(3)22-23-20(26)13-25/h4-8,18H,9-13H2,1-3H3/t18-/m1/s1. The van der Waals surface area contributed by atoms with Gasteiger partial charge in [0.05, 0.1) is 18.3 Å². The highest BCUT2D eigenvalue weighted by Crippen LogP contribution is 2.26. The van der Waals surface area contributed by atoms with Crippen LogP contribution in [-0.2, 0) is 24.2 Å². The lowest BCUT2D eigenvalue weighted by atomic mass is 10.0. The van der Waals surface area contributed by atoms with Crippen molar-refractivity contribution in [1.29, 1.82) is 0 Å². The minimum atomic E-state index is 0.130. The molecule has 28 heavy (non-hydrogen) atoms. The Balaban J connectivity index is 1.50. The average molecular weight is 379 g/mol. The number of benzene rings is 1. The van der Waals surface area contributed by atoms with E-state index in [-0.39, 0.29) is 11.9 Å². The molecule has 0 unspecified atom stereocenters. The van der Waals surface area contributed by atoms with E-state index in [0.29, 0.717) is 25.9 Å². The third-order valence-corrected chi connectivity index (χ3v) is 5.50. The fraction of sp³-hybridized carbons (Fsp3) is 0.429. The van der Waals surface area contributed by atoms with Gasteiger partial charge in [0.2, 0.25) is 5.91 Å². The summed E-state index contributed by atoms with van der Waals surface area (Å²) in [7, 11) is 0. The summed E-state index contributed by atoms with van der Waals surface area (Å²) >= 11 is 0. The molecule has 7 nitrogen and oxygen atoms in total. The minimum Gasteiger partial charge on any atom is -0.361 e. The van der Waals surface area contributed by atoms with Crippen molar-refractivity contribution in [2.75, 3.05) is 6.54 Å². The second-order valence-electron chi connectivity index (χ2n) is 7.45. The van der Waals surface area contributed by atoms with Crippen molar-refractivity contribution in [1.82, 2.24) is 24.8 Å². The van der Waals surface area contributed by atoms with Crippen LogP contribution < -0.4 is 0 Å². The number of rotatable bonds is 5. The van der Waals surface area contributed by atoms with Crippen LogP contribution in [0.2, 0.25) is 0 Å². The van der Waals surface area contributed by atoms with Crippen LogP contribution in [0.5, 0.6) is 0 Å². The molecule has 0 spiro atoms. The summed E-state index contributed by atoms with van der Waals surface area (Å²) in [6, 6.07) is 10.5. The Labute approximate surface area is 164 Å². The summed E-state index contributed by atoms with van der Waals surface area (Å²) < 4.78 is 7.39. The first-order valence-electron chi connectivity index (χ1n) is 9.66. The molecule has 1 aliphatic heterocycles. The molecular weight excluding hydrogens is 354 g/mol. The van der Waals surface area contributed by atoms with E-state index in [1.807, 2.05) is 43.9 Å². The van der Waals surface area contributed by atoms with Gasteiger partial charge in [-0.1, -0.05) is 35.5 Å². The second-order valence-corrected chi connectivity index (χ2v) is 7.45. The summed E-state index contributed by atoms with van der Waals surface area (Å²) in [5.74, 6) is 2.68. The molecule has 0 radical (unpaired) electrons. The largest absolute Gasteiger partial charge is 0.361 e. The van der Waals surface area contributed by atoms with Crippen LogP contribution in [0.3, 0.4) is 0 Å². The van der Waals surface area contributed by atoms with E-state index in [1.54, 1.807) is 0 Å². The lowest BCUT2D eigenvalue weighted by molar-refractivity contribution is -0.133. The van der Waals surface area contributed by atoms with Crippen LogP contribution in [0.1, 0.15) is 46.7 Å². The van der Waals surface area contributed by atoms with E-state index in [0.717, 1.165) is 35.1 Å². The van der Waals surface area contributed by atoms with Crippen LogP contribution in [0.4, 0.5) is 0 Å². The highest BCUT2D eigenvalue weighted by molar-refractivity contribution is 5.76. The van der Waals surface area contributed by atoms with Gasteiger partial charge in [0.25, 0.3) is 0 Å². The van der Waals surface area contributed by atoms with E-state index in [1.165, 1.54) is 5.56 Å². The Morgan fingerprint density at radius 2 is 1.96 bits per heavy atom. The van der Waals surface area contributed by atoms with E-state index in [2.05, 4.69) is 32.1 Å². The van der Waals surface area contributed by atoms with Gasteiger partial charge < -0.3 is 14.0 Å². The fourth-order valence-electron chi connectivity index (χ4n) is 4.05. The molecule has 0 saturated heterocycles. The molecule has 2 aromatic heterocycles. The van der Waals surface area contributed by atoms with Gasteiger partial charge in [-0.15, -0.1) is 10.2 Å². The maximum Gasteiger partial charge on any atom is 0.223 e. The number of aromatic nitrogens is 4. The summed E-state index contributed by atoms with van der Waals surface area (Å²) in [5, 5.41) is 12.5. The molecule has 3 aromatic rings. The predicted octanol–water partition coefficient (Wildman–Crippen LogP) is 2.95. The third kappa shape index (κ3) is 3.56. The third-order valence-electron chi connectivity index (χ3n) is 5.50. The van der Waals surface area contributed by atoms with E-state index < -0.39 is 0 Å². The number of aryl methyl sites for hydroxylation is 3. The zero-order valence-corrected chi connectivity index (χ0v) is 16.6. The molecule has 1 aromatic carbocycles. The summed E-state index contributed by atoms with van der Waals surface area (Å²) in [6.07, 6.45) is 1.93. The van der Waals surface area contributed by atoms with Crippen LogP contribution in [0, 0.1) is 20.8 Å². The highest BCUT2D eigenvalue weighted by atomic mass is 16.5. The number of hydrogen-bond donors (Lipinski definition) is 0. The molecule has 0 fully saturated rings. The van der Waals surface area contributed by atoms with E-state index >= 15 is 0 Å². The number of hydrogen-bond acceptors (Lipinski definition) is 5. The summed E-state index contributed by atoms with van der Waals surface area (Å²) in [6.45, 7) is 6.96. The Kier molecular flexibility index (Phi) is 4.98. The number of amides is 1. The van der Waals surface area contributed by atoms with Crippen molar-refractivity contribution < 1.29 is 9.32 Å². The number of carbonyl (C=O) groups excluding carboxylic acids is 1. The van der Waals surface area contributed by atoms with Gasteiger partial charge in [-0.3, -0.25) is 4.79 Å². The Morgan fingerprint density at radius 1 is 1.18 bits per heavy atom. The second kappa shape index (κ2) is 7.58. The molecule has 1 atom stereocenters. The topological polar surface area (TPSA) is 77.1 Å². The van der Waals surface area contributed by atoms with Crippen molar-refractivity contribution in [3.8, 4) is 0 Å². The molecule has 1 amide bonds. The smallest absolute Gasteiger partial charge is 0.223 e. The molecule has 0 aliphatic carbocycles. The Hall–Kier alpha value is -2.96. The number of fused-ring (bicyclic) bond motifs is 1. The highest BCUT2D eigenvalue weighted by Gasteiger charge is 2.30. The first-order chi connectivity index (χ1) is 13.5. The van der Waals surface area contributed by atoms with Gasteiger partial charge in [0.15, 0.2) is 5.82 Å². The van der Waals surface area contributed by atoms with Gasteiger partial charge >= 0.3 is 0 Å². The lowest BCUT2D eigenvalue weighted by Gasteiger charge is -2.34. The van der Waals surface area contributed by atoms with Gasteiger partial charge in [-0.2, -0.15) is 0 Å². The van der Waals surface area contributed by atoms with Crippen LogP contribution in [0.25, 0.3) is 0 Å². The van der Waals surface area contributed by atoms with E-state index in [9.17, 15) is 4.79 Å². The molecule has 3 heterocycles. The SMILES string of the molecule is Cc1noc(C)c1CCC(=O)N1Cc2nnc(C)n2[C@H](Cc2ccccc2)C1. The van der Waals surface area contributed by atoms with Crippen LogP contribution in [-0.4, -0.2) is 37.3 Å².